The van der Waals surface area contributed by atoms with Crippen LogP contribution in [0.25, 0.3) is 0 Å². The van der Waals surface area contributed by atoms with E-state index in [1.807, 2.05) is 6.07 Å². The van der Waals surface area contributed by atoms with E-state index < -0.39 is 23.6 Å². The number of nitrogens with zero attached hydrogens (tertiary/aromatic N) is 2. The van der Waals surface area contributed by atoms with Gasteiger partial charge in [0.05, 0.1) is 17.2 Å². The summed E-state index contributed by atoms with van der Waals surface area (Å²) >= 11 is 0. The van der Waals surface area contributed by atoms with E-state index in [0.29, 0.717) is 11.3 Å². The number of benzene rings is 1. The van der Waals surface area contributed by atoms with Gasteiger partial charge >= 0.3 is 6.03 Å². The first-order valence-electron chi connectivity index (χ1n) is 6.71. The number of hydrogen-bond donors (Lipinski definition) is 2. The third-order valence-electron chi connectivity index (χ3n) is 3.13. The second-order valence-corrected chi connectivity index (χ2v) is 5.40. The van der Waals surface area contributed by atoms with Gasteiger partial charge in [-0.05, 0) is 45.0 Å². The van der Waals surface area contributed by atoms with Crippen LogP contribution >= 0.6 is 0 Å². The molecule has 1 aromatic carbocycles. The number of urea groups is 1. The molecule has 0 fully saturated rings. The molecule has 1 atom stereocenters. The molecule has 1 aliphatic heterocycles. The van der Waals surface area contributed by atoms with Gasteiger partial charge in [0, 0.05) is 0 Å². The Morgan fingerprint density at radius 1 is 1.41 bits per heavy atom. The lowest BCUT2D eigenvalue weighted by atomic mass is 10.1. The van der Waals surface area contributed by atoms with Crippen molar-refractivity contribution in [3.05, 3.63) is 29.8 Å². The summed E-state index contributed by atoms with van der Waals surface area (Å²) in [7, 11) is 0. The number of carbonyl (C=O) groups excluding carboxylic acids is 2. The number of carbonyl (C=O) groups is 2. The Kier molecular flexibility index (Phi) is 4.13. The number of nitrogens with one attached hydrogen (secondary N) is 2. The average molecular weight is 300 g/mol. The van der Waals surface area contributed by atoms with Crippen molar-refractivity contribution in [1.82, 2.24) is 10.6 Å². The number of nitriles is 1. The fraction of sp³-hybridized carbons (Fsp3) is 0.333. The van der Waals surface area contributed by atoms with E-state index in [1.165, 1.54) is 0 Å². The van der Waals surface area contributed by atoms with Crippen molar-refractivity contribution in [3.8, 4) is 11.8 Å². The second-order valence-electron chi connectivity index (χ2n) is 5.40. The predicted octanol–water partition coefficient (Wildman–Crippen LogP) is 1.34. The summed E-state index contributed by atoms with van der Waals surface area (Å²) in [4.78, 5) is 27.1. The third kappa shape index (κ3) is 3.41. The molecule has 2 N–H and O–H groups in total. The summed E-state index contributed by atoms with van der Waals surface area (Å²) in [5, 5.41) is 13.9. The zero-order chi connectivity index (χ0) is 16.3. The maximum Gasteiger partial charge on any atom is 0.343 e. The van der Waals surface area contributed by atoms with Crippen LogP contribution < -0.4 is 15.4 Å². The average Bonchev–Trinajstić information content (AvgIpc) is 2.71. The minimum atomic E-state index is -0.776. The molecular weight excluding hydrogens is 284 g/mol. The lowest BCUT2D eigenvalue weighted by Crippen LogP contribution is -2.52. The van der Waals surface area contributed by atoms with Crippen molar-refractivity contribution >= 4 is 17.8 Å². The summed E-state index contributed by atoms with van der Waals surface area (Å²) in [6, 6.07) is 7.96. The number of hydrogen-bond acceptors (Lipinski definition) is 4. The van der Waals surface area contributed by atoms with Gasteiger partial charge in [-0.3, -0.25) is 4.79 Å². The van der Waals surface area contributed by atoms with Gasteiger partial charge < -0.3 is 15.4 Å². The molecule has 0 saturated carbocycles. The molecule has 3 amide bonds. The zero-order valence-electron chi connectivity index (χ0n) is 12.5. The molecule has 1 heterocycles. The van der Waals surface area contributed by atoms with Crippen molar-refractivity contribution < 1.29 is 14.3 Å². The first kappa shape index (κ1) is 15.5. The third-order valence-corrected chi connectivity index (χ3v) is 3.13. The highest BCUT2D eigenvalue weighted by Crippen LogP contribution is 2.14. The fourth-order valence-corrected chi connectivity index (χ4v) is 1.86. The first-order valence-corrected chi connectivity index (χ1v) is 6.71. The van der Waals surface area contributed by atoms with E-state index in [0.717, 1.165) is 0 Å². The number of ether oxygens (including phenoxy) is 1. The van der Waals surface area contributed by atoms with Crippen LogP contribution in [-0.4, -0.2) is 29.4 Å². The van der Waals surface area contributed by atoms with E-state index in [-0.39, 0.29) is 5.84 Å². The Labute approximate surface area is 128 Å². The van der Waals surface area contributed by atoms with Crippen molar-refractivity contribution in [1.29, 1.82) is 5.26 Å². The van der Waals surface area contributed by atoms with Gasteiger partial charge in [0.1, 0.15) is 11.6 Å². The molecular formula is C15H16N4O3. The number of aliphatic imine (C=N–C) groups is 1. The second kappa shape index (κ2) is 5.85. The standard InChI is InChI=1S/C15H16N4O3/c1-9(22-11-6-4-10(8-16)5-7-11)12(20)17-13-15(2,3)19-14(21)18-13/h4-7,9H,1-3H3,(H2,17,18,19,20,21)/t9-/m0/s1. The summed E-state index contributed by atoms with van der Waals surface area (Å²) in [5.41, 5.74) is -0.211. The van der Waals surface area contributed by atoms with E-state index in [4.69, 9.17) is 10.00 Å². The maximum absolute atomic E-state index is 12.1. The van der Waals surface area contributed by atoms with E-state index >= 15 is 0 Å². The molecule has 7 heteroatoms. The lowest BCUT2D eigenvalue weighted by molar-refractivity contribution is -0.125. The predicted molar refractivity (Wildman–Crippen MR) is 79.4 cm³/mol. The highest BCUT2D eigenvalue weighted by atomic mass is 16.5. The van der Waals surface area contributed by atoms with E-state index in [2.05, 4.69) is 15.6 Å². The quantitative estimate of drug-likeness (QED) is 0.879. The van der Waals surface area contributed by atoms with E-state index in [9.17, 15) is 9.59 Å². The normalized spacial score (nSPS) is 17.0. The Balaban J connectivity index is 1.99. The molecule has 22 heavy (non-hydrogen) atoms. The van der Waals surface area contributed by atoms with Gasteiger partial charge in [-0.1, -0.05) is 0 Å². The molecule has 0 bridgehead atoms. The molecule has 1 aromatic rings. The Morgan fingerprint density at radius 3 is 2.55 bits per heavy atom. The molecule has 0 aliphatic carbocycles. The number of rotatable bonds is 3. The van der Waals surface area contributed by atoms with Gasteiger partial charge in [-0.25, -0.2) is 4.79 Å². The molecule has 0 saturated heterocycles. The van der Waals surface area contributed by atoms with Gasteiger partial charge in [-0.2, -0.15) is 10.3 Å². The van der Waals surface area contributed by atoms with Crippen molar-refractivity contribution in [2.75, 3.05) is 0 Å². The molecule has 0 spiro atoms. The molecule has 114 valence electrons. The van der Waals surface area contributed by atoms with Crippen LogP contribution in [0.15, 0.2) is 29.3 Å². The zero-order valence-corrected chi connectivity index (χ0v) is 12.5. The molecule has 7 nitrogen and oxygen atoms in total. The fourth-order valence-electron chi connectivity index (χ4n) is 1.86. The van der Waals surface area contributed by atoms with Crippen molar-refractivity contribution in [2.24, 2.45) is 4.99 Å². The van der Waals surface area contributed by atoms with Gasteiger partial charge in [0.2, 0.25) is 0 Å². The van der Waals surface area contributed by atoms with Crippen LogP contribution in [0.2, 0.25) is 0 Å². The monoisotopic (exact) mass is 300 g/mol. The highest BCUT2D eigenvalue weighted by molar-refractivity contribution is 6.12. The maximum atomic E-state index is 12.1. The molecule has 0 aromatic heterocycles. The van der Waals surface area contributed by atoms with Crippen molar-refractivity contribution in [3.63, 3.8) is 0 Å². The van der Waals surface area contributed by atoms with Crippen LogP contribution in [0.5, 0.6) is 5.75 Å². The minimum Gasteiger partial charge on any atom is -0.481 e. The highest BCUT2D eigenvalue weighted by Gasteiger charge is 2.35. The molecule has 0 unspecified atom stereocenters. The minimum absolute atomic E-state index is 0.262. The van der Waals surface area contributed by atoms with Gasteiger partial charge in [0.25, 0.3) is 5.91 Å². The Hall–Kier alpha value is -2.88. The number of amides is 3. The van der Waals surface area contributed by atoms with Crippen LogP contribution in [0.3, 0.4) is 0 Å². The van der Waals surface area contributed by atoms with Gasteiger partial charge in [-0.15, -0.1) is 0 Å². The van der Waals surface area contributed by atoms with Crippen LogP contribution in [0.1, 0.15) is 26.3 Å². The largest absolute Gasteiger partial charge is 0.481 e. The first-order chi connectivity index (χ1) is 10.3. The summed E-state index contributed by atoms with van der Waals surface area (Å²) < 4.78 is 5.50. The van der Waals surface area contributed by atoms with Crippen LogP contribution in [0.4, 0.5) is 4.79 Å². The van der Waals surface area contributed by atoms with E-state index in [1.54, 1.807) is 45.0 Å². The Bertz CT molecular complexity index is 671. The summed E-state index contributed by atoms with van der Waals surface area (Å²) in [6.45, 7) is 5.07. The molecule has 2 rings (SSSR count). The smallest absolute Gasteiger partial charge is 0.343 e. The van der Waals surface area contributed by atoms with Crippen molar-refractivity contribution in [2.45, 2.75) is 32.4 Å². The Morgan fingerprint density at radius 2 is 2.05 bits per heavy atom. The topological polar surface area (TPSA) is 104 Å². The van der Waals surface area contributed by atoms with Gasteiger partial charge in [0.15, 0.2) is 6.10 Å². The summed E-state index contributed by atoms with van der Waals surface area (Å²) in [5.74, 6) is 0.328. The SMILES string of the molecule is C[C@H](Oc1ccc(C#N)cc1)C(=O)NC1=NC(=O)NC1(C)C. The summed E-state index contributed by atoms with van der Waals surface area (Å²) in [6.07, 6.45) is -0.776. The number of amidine groups is 1. The van der Waals surface area contributed by atoms with Crippen LogP contribution in [0, 0.1) is 11.3 Å². The molecule has 1 aliphatic rings. The molecule has 0 radical (unpaired) electrons. The lowest BCUT2D eigenvalue weighted by Gasteiger charge is -2.22. The van der Waals surface area contributed by atoms with Crippen LogP contribution in [-0.2, 0) is 4.79 Å².